The summed E-state index contributed by atoms with van der Waals surface area (Å²) < 4.78 is 37.1. The van der Waals surface area contributed by atoms with Gasteiger partial charge in [0.25, 0.3) is 0 Å². The maximum atomic E-state index is 12.4. The first kappa shape index (κ1) is 13.7. The number of rotatable bonds is 5. The zero-order valence-electron chi connectivity index (χ0n) is 9.46. The number of alkyl halides is 3. The Labute approximate surface area is 97.4 Å². The zero-order chi connectivity index (χ0) is 12.9. The van der Waals surface area contributed by atoms with Crippen LogP contribution in [0, 0.1) is 5.92 Å². The number of aromatic nitrogens is 2. The van der Waals surface area contributed by atoms with E-state index in [1.165, 1.54) is 0 Å². The third-order valence-corrected chi connectivity index (χ3v) is 2.21. The SMILES string of the molecule is CC(CCN)CNc1nccc(C(F)(F)F)n1. The van der Waals surface area contributed by atoms with Gasteiger partial charge in [-0.25, -0.2) is 9.97 Å². The number of nitrogens with zero attached hydrogens (tertiary/aromatic N) is 2. The van der Waals surface area contributed by atoms with Crippen molar-refractivity contribution in [3.8, 4) is 0 Å². The fourth-order valence-corrected chi connectivity index (χ4v) is 1.25. The van der Waals surface area contributed by atoms with Gasteiger partial charge in [-0.1, -0.05) is 6.92 Å². The molecule has 0 fully saturated rings. The zero-order valence-corrected chi connectivity index (χ0v) is 9.46. The van der Waals surface area contributed by atoms with E-state index in [-0.39, 0.29) is 11.9 Å². The molecule has 1 heterocycles. The van der Waals surface area contributed by atoms with Crippen LogP contribution in [0.2, 0.25) is 0 Å². The predicted molar refractivity (Wildman–Crippen MR) is 58.4 cm³/mol. The number of nitrogens with one attached hydrogen (secondary N) is 1. The Morgan fingerprint density at radius 2 is 2.18 bits per heavy atom. The molecule has 0 aliphatic rings. The van der Waals surface area contributed by atoms with Crippen molar-refractivity contribution in [3.63, 3.8) is 0 Å². The van der Waals surface area contributed by atoms with Gasteiger partial charge in [0.2, 0.25) is 5.95 Å². The first-order valence-corrected chi connectivity index (χ1v) is 5.27. The minimum Gasteiger partial charge on any atom is -0.354 e. The van der Waals surface area contributed by atoms with Crippen LogP contribution in [0.25, 0.3) is 0 Å². The molecule has 1 aromatic heterocycles. The smallest absolute Gasteiger partial charge is 0.354 e. The first-order chi connectivity index (χ1) is 7.93. The van der Waals surface area contributed by atoms with Crippen molar-refractivity contribution in [1.29, 1.82) is 0 Å². The van der Waals surface area contributed by atoms with Crippen molar-refractivity contribution in [1.82, 2.24) is 9.97 Å². The topological polar surface area (TPSA) is 63.8 Å². The van der Waals surface area contributed by atoms with Crippen LogP contribution in [-0.4, -0.2) is 23.1 Å². The standard InChI is InChI=1S/C10H15F3N4/c1-7(2-4-14)6-16-9-15-5-3-8(17-9)10(11,12)13/h3,5,7H,2,4,6,14H2,1H3,(H,15,16,17). The molecule has 0 aromatic carbocycles. The van der Waals surface area contributed by atoms with Crippen LogP contribution in [0.4, 0.5) is 19.1 Å². The second-order valence-electron chi connectivity index (χ2n) is 3.83. The van der Waals surface area contributed by atoms with Crippen LogP contribution in [-0.2, 0) is 6.18 Å². The van der Waals surface area contributed by atoms with Crippen LogP contribution in [0.5, 0.6) is 0 Å². The Morgan fingerprint density at radius 1 is 1.47 bits per heavy atom. The number of halogens is 3. The van der Waals surface area contributed by atoms with Crippen molar-refractivity contribution < 1.29 is 13.2 Å². The highest BCUT2D eigenvalue weighted by Gasteiger charge is 2.32. The summed E-state index contributed by atoms with van der Waals surface area (Å²) in [5.41, 5.74) is 4.43. The summed E-state index contributed by atoms with van der Waals surface area (Å²) in [4.78, 5) is 7.13. The van der Waals surface area contributed by atoms with Gasteiger partial charge in [-0.15, -0.1) is 0 Å². The van der Waals surface area contributed by atoms with E-state index < -0.39 is 11.9 Å². The lowest BCUT2D eigenvalue weighted by atomic mass is 10.1. The third kappa shape index (κ3) is 4.56. The lowest BCUT2D eigenvalue weighted by Crippen LogP contribution is -2.17. The molecule has 0 spiro atoms. The van der Waals surface area contributed by atoms with Crippen molar-refractivity contribution in [2.45, 2.75) is 19.5 Å². The molecule has 7 heteroatoms. The van der Waals surface area contributed by atoms with E-state index >= 15 is 0 Å². The van der Waals surface area contributed by atoms with Crippen molar-refractivity contribution in [2.24, 2.45) is 11.7 Å². The van der Waals surface area contributed by atoms with Gasteiger partial charge < -0.3 is 11.1 Å². The lowest BCUT2D eigenvalue weighted by Gasteiger charge is -2.12. The molecule has 0 saturated heterocycles. The molecule has 0 aliphatic carbocycles. The molecular weight excluding hydrogens is 233 g/mol. The lowest BCUT2D eigenvalue weighted by molar-refractivity contribution is -0.141. The molecule has 17 heavy (non-hydrogen) atoms. The maximum absolute atomic E-state index is 12.4. The minimum atomic E-state index is -4.44. The average molecular weight is 248 g/mol. The molecule has 0 bridgehead atoms. The number of nitrogens with two attached hydrogens (primary N) is 1. The van der Waals surface area contributed by atoms with Gasteiger partial charge in [0.05, 0.1) is 0 Å². The van der Waals surface area contributed by atoms with Gasteiger partial charge in [-0.3, -0.25) is 0 Å². The quantitative estimate of drug-likeness (QED) is 0.835. The van der Waals surface area contributed by atoms with Crippen LogP contribution in [0.15, 0.2) is 12.3 Å². The Bertz CT molecular complexity index is 354. The monoisotopic (exact) mass is 248 g/mol. The summed E-state index contributed by atoms with van der Waals surface area (Å²) in [7, 11) is 0. The van der Waals surface area contributed by atoms with E-state index in [1.807, 2.05) is 6.92 Å². The Morgan fingerprint density at radius 3 is 2.76 bits per heavy atom. The maximum Gasteiger partial charge on any atom is 0.433 e. The molecule has 0 radical (unpaired) electrons. The van der Waals surface area contributed by atoms with E-state index in [0.29, 0.717) is 13.1 Å². The summed E-state index contributed by atoms with van der Waals surface area (Å²) in [6.07, 6.45) is -2.56. The molecule has 1 rings (SSSR count). The molecule has 0 aliphatic heterocycles. The molecule has 1 unspecified atom stereocenters. The Kier molecular flexibility index (Phi) is 4.68. The van der Waals surface area contributed by atoms with Gasteiger partial charge in [-0.2, -0.15) is 13.2 Å². The largest absolute Gasteiger partial charge is 0.433 e. The Balaban J connectivity index is 2.60. The fraction of sp³-hybridized carbons (Fsp3) is 0.600. The summed E-state index contributed by atoms with van der Waals surface area (Å²) in [6, 6.07) is 0.842. The summed E-state index contributed by atoms with van der Waals surface area (Å²) in [5, 5.41) is 2.76. The second kappa shape index (κ2) is 5.81. The van der Waals surface area contributed by atoms with Crippen LogP contribution >= 0.6 is 0 Å². The first-order valence-electron chi connectivity index (χ1n) is 5.27. The van der Waals surface area contributed by atoms with E-state index in [4.69, 9.17) is 5.73 Å². The molecule has 0 amide bonds. The molecule has 1 atom stereocenters. The molecule has 1 aromatic rings. The molecule has 96 valence electrons. The van der Waals surface area contributed by atoms with Crippen LogP contribution in [0.1, 0.15) is 19.0 Å². The van der Waals surface area contributed by atoms with E-state index in [1.54, 1.807) is 0 Å². The average Bonchev–Trinajstić information content (AvgIpc) is 2.26. The van der Waals surface area contributed by atoms with Crippen LogP contribution < -0.4 is 11.1 Å². The Hall–Kier alpha value is -1.37. The molecule has 3 N–H and O–H groups in total. The van der Waals surface area contributed by atoms with Gasteiger partial charge in [0.1, 0.15) is 5.69 Å². The minimum absolute atomic E-state index is 0.0105. The number of hydrogen-bond acceptors (Lipinski definition) is 4. The highest BCUT2D eigenvalue weighted by Crippen LogP contribution is 2.27. The van der Waals surface area contributed by atoms with Gasteiger partial charge in [0.15, 0.2) is 0 Å². The van der Waals surface area contributed by atoms with Crippen molar-refractivity contribution >= 4 is 5.95 Å². The van der Waals surface area contributed by atoms with E-state index in [2.05, 4.69) is 15.3 Å². The van der Waals surface area contributed by atoms with Crippen molar-refractivity contribution in [2.75, 3.05) is 18.4 Å². The highest BCUT2D eigenvalue weighted by molar-refractivity contribution is 5.25. The summed E-state index contributed by atoms with van der Waals surface area (Å²) in [6.45, 7) is 3.00. The summed E-state index contributed by atoms with van der Waals surface area (Å²) >= 11 is 0. The van der Waals surface area contributed by atoms with Gasteiger partial charge in [-0.05, 0) is 24.9 Å². The number of hydrogen-bond donors (Lipinski definition) is 2. The van der Waals surface area contributed by atoms with Crippen LogP contribution in [0.3, 0.4) is 0 Å². The fourth-order valence-electron chi connectivity index (χ4n) is 1.25. The molecule has 0 saturated carbocycles. The second-order valence-corrected chi connectivity index (χ2v) is 3.83. The van der Waals surface area contributed by atoms with E-state index in [0.717, 1.165) is 18.7 Å². The predicted octanol–water partition coefficient (Wildman–Crippen LogP) is 1.89. The van der Waals surface area contributed by atoms with Crippen molar-refractivity contribution in [3.05, 3.63) is 18.0 Å². The van der Waals surface area contributed by atoms with Gasteiger partial charge in [0, 0.05) is 12.7 Å². The van der Waals surface area contributed by atoms with E-state index in [9.17, 15) is 13.2 Å². The third-order valence-electron chi connectivity index (χ3n) is 2.21. The summed E-state index contributed by atoms with van der Waals surface area (Å²) in [5.74, 6) is 0.252. The van der Waals surface area contributed by atoms with Gasteiger partial charge >= 0.3 is 6.18 Å². The highest BCUT2D eigenvalue weighted by atomic mass is 19.4. The normalized spacial score (nSPS) is 13.5. The molecule has 4 nitrogen and oxygen atoms in total. The molecular formula is C10H15F3N4. The number of anilines is 1.